The van der Waals surface area contributed by atoms with Gasteiger partial charge in [-0.05, 0) is 57.1 Å². The molecule has 0 aliphatic heterocycles. The van der Waals surface area contributed by atoms with Crippen molar-refractivity contribution in [3.05, 3.63) is 71.8 Å². The molecule has 2 aromatic rings. The minimum absolute atomic E-state index is 0.519. The van der Waals surface area contributed by atoms with Crippen molar-refractivity contribution < 1.29 is 0 Å². The van der Waals surface area contributed by atoms with E-state index in [1.807, 2.05) is 7.05 Å². The van der Waals surface area contributed by atoms with Gasteiger partial charge in [0.25, 0.3) is 0 Å². The molecule has 0 radical (unpaired) electrons. The van der Waals surface area contributed by atoms with Crippen LogP contribution in [0, 0.1) is 0 Å². The van der Waals surface area contributed by atoms with Crippen molar-refractivity contribution >= 4 is 0 Å². The van der Waals surface area contributed by atoms with Crippen LogP contribution in [0.4, 0.5) is 0 Å². The van der Waals surface area contributed by atoms with E-state index in [9.17, 15) is 0 Å². The summed E-state index contributed by atoms with van der Waals surface area (Å²) in [5.74, 6) is 0. The molecule has 3 N–H and O–H groups in total. The van der Waals surface area contributed by atoms with E-state index in [-0.39, 0.29) is 0 Å². The van der Waals surface area contributed by atoms with Crippen LogP contribution in [0.25, 0.3) is 0 Å². The lowest BCUT2D eigenvalue weighted by Crippen LogP contribution is -2.39. The Morgan fingerprint density at radius 3 is 1.79 bits per heavy atom. The molecular formula is C21H31N3. The molecule has 0 heterocycles. The van der Waals surface area contributed by atoms with Gasteiger partial charge in [-0.3, -0.25) is 0 Å². The highest BCUT2D eigenvalue weighted by Gasteiger charge is 2.04. The van der Waals surface area contributed by atoms with Gasteiger partial charge in [0.2, 0.25) is 0 Å². The number of benzene rings is 2. The van der Waals surface area contributed by atoms with E-state index in [0.717, 1.165) is 45.4 Å². The van der Waals surface area contributed by atoms with Crippen LogP contribution in [0.1, 0.15) is 17.5 Å². The normalized spacial score (nSPS) is 12.2. The van der Waals surface area contributed by atoms with Crippen LogP contribution in [0.15, 0.2) is 60.7 Å². The Hall–Kier alpha value is -1.68. The van der Waals surface area contributed by atoms with E-state index in [0.29, 0.717) is 6.04 Å². The van der Waals surface area contributed by atoms with Crippen molar-refractivity contribution in [2.45, 2.75) is 25.3 Å². The van der Waals surface area contributed by atoms with E-state index in [2.05, 4.69) is 76.6 Å². The predicted octanol–water partition coefficient (Wildman–Crippen LogP) is 2.63. The molecule has 0 saturated heterocycles. The molecule has 0 aliphatic carbocycles. The lowest BCUT2D eigenvalue weighted by molar-refractivity contribution is 0.466. The molecule has 0 aliphatic rings. The zero-order valence-electron chi connectivity index (χ0n) is 14.8. The Morgan fingerprint density at radius 2 is 1.25 bits per heavy atom. The summed E-state index contributed by atoms with van der Waals surface area (Å²) in [6, 6.07) is 21.8. The highest BCUT2D eigenvalue weighted by atomic mass is 15.0. The van der Waals surface area contributed by atoms with E-state index in [1.54, 1.807) is 0 Å². The van der Waals surface area contributed by atoms with Crippen molar-refractivity contribution in [3.8, 4) is 0 Å². The van der Waals surface area contributed by atoms with Crippen LogP contribution in [0.2, 0.25) is 0 Å². The van der Waals surface area contributed by atoms with Crippen LogP contribution in [-0.2, 0) is 12.8 Å². The first-order valence-electron chi connectivity index (χ1n) is 9.05. The highest BCUT2D eigenvalue weighted by molar-refractivity contribution is 5.15. The minimum atomic E-state index is 0.519. The third-order valence-corrected chi connectivity index (χ3v) is 4.34. The number of nitrogens with one attached hydrogen (secondary N) is 3. The SMILES string of the molecule is CN[C@@H](CCNCCc1ccccc1)CNCCc1ccccc1. The topological polar surface area (TPSA) is 36.1 Å². The first kappa shape index (κ1) is 18.7. The van der Waals surface area contributed by atoms with Gasteiger partial charge < -0.3 is 16.0 Å². The molecule has 0 unspecified atom stereocenters. The summed E-state index contributed by atoms with van der Waals surface area (Å²) < 4.78 is 0. The Balaban J connectivity index is 1.50. The molecule has 0 amide bonds. The molecule has 2 rings (SSSR count). The van der Waals surface area contributed by atoms with Crippen LogP contribution in [0.3, 0.4) is 0 Å². The monoisotopic (exact) mass is 325 g/mol. The summed E-state index contributed by atoms with van der Waals surface area (Å²) in [5.41, 5.74) is 2.80. The Labute approximate surface area is 146 Å². The molecule has 0 aromatic heterocycles. The number of hydrogen-bond acceptors (Lipinski definition) is 3. The van der Waals surface area contributed by atoms with Gasteiger partial charge in [-0.25, -0.2) is 0 Å². The average molecular weight is 326 g/mol. The van der Waals surface area contributed by atoms with E-state index < -0.39 is 0 Å². The summed E-state index contributed by atoms with van der Waals surface area (Å²) >= 11 is 0. The van der Waals surface area contributed by atoms with Crippen molar-refractivity contribution in [2.24, 2.45) is 0 Å². The van der Waals surface area contributed by atoms with Crippen LogP contribution in [0.5, 0.6) is 0 Å². The van der Waals surface area contributed by atoms with Crippen molar-refractivity contribution in [1.29, 1.82) is 0 Å². The molecule has 0 spiro atoms. The zero-order chi connectivity index (χ0) is 16.9. The molecule has 130 valence electrons. The summed E-state index contributed by atoms with van der Waals surface area (Å²) in [6.45, 7) is 4.15. The molecule has 1 atom stereocenters. The van der Waals surface area contributed by atoms with Crippen LogP contribution in [-0.4, -0.2) is 39.3 Å². The van der Waals surface area contributed by atoms with E-state index >= 15 is 0 Å². The van der Waals surface area contributed by atoms with Gasteiger partial charge in [-0.1, -0.05) is 60.7 Å². The Kier molecular flexibility index (Phi) is 9.17. The van der Waals surface area contributed by atoms with Gasteiger partial charge in [-0.15, -0.1) is 0 Å². The summed E-state index contributed by atoms with van der Waals surface area (Å²) in [5, 5.41) is 10.5. The lowest BCUT2D eigenvalue weighted by atomic mass is 10.1. The maximum absolute atomic E-state index is 3.56. The van der Waals surface area contributed by atoms with Gasteiger partial charge >= 0.3 is 0 Å². The third-order valence-electron chi connectivity index (χ3n) is 4.34. The molecule has 3 nitrogen and oxygen atoms in total. The molecule has 24 heavy (non-hydrogen) atoms. The molecule has 2 aromatic carbocycles. The van der Waals surface area contributed by atoms with Crippen LogP contribution >= 0.6 is 0 Å². The summed E-state index contributed by atoms with van der Waals surface area (Å²) in [7, 11) is 2.05. The van der Waals surface area contributed by atoms with Gasteiger partial charge in [0.1, 0.15) is 0 Å². The molecule has 3 heteroatoms. The zero-order valence-corrected chi connectivity index (χ0v) is 14.8. The molecule has 0 bridgehead atoms. The second-order valence-electron chi connectivity index (χ2n) is 6.20. The maximum atomic E-state index is 3.56. The average Bonchev–Trinajstić information content (AvgIpc) is 2.65. The van der Waals surface area contributed by atoms with Gasteiger partial charge in [0, 0.05) is 12.6 Å². The van der Waals surface area contributed by atoms with Gasteiger partial charge in [0.15, 0.2) is 0 Å². The smallest absolute Gasteiger partial charge is 0.0201 e. The molecule has 0 saturated carbocycles. The largest absolute Gasteiger partial charge is 0.316 e. The first-order chi connectivity index (χ1) is 11.9. The highest BCUT2D eigenvalue weighted by Crippen LogP contribution is 1.99. The fourth-order valence-corrected chi connectivity index (χ4v) is 2.78. The Morgan fingerprint density at radius 1 is 0.708 bits per heavy atom. The van der Waals surface area contributed by atoms with Crippen molar-refractivity contribution in [3.63, 3.8) is 0 Å². The lowest BCUT2D eigenvalue weighted by Gasteiger charge is -2.17. The van der Waals surface area contributed by atoms with Crippen molar-refractivity contribution in [1.82, 2.24) is 16.0 Å². The second-order valence-corrected chi connectivity index (χ2v) is 6.20. The fourth-order valence-electron chi connectivity index (χ4n) is 2.78. The first-order valence-corrected chi connectivity index (χ1v) is 9.05. The minimum Gasteiger partial charge on any atom is -0.316 e. The maximum Gasteiger partial charge on any atom is 0.0201 e. The molecule has 0 fully saturated rings. The number of rotatable bonds is 12. The number of hydrogen-bond donors (Lipinski definition) is 3. The third kappa shape index (κ3) is 7.73. The predicted molar refractivity (Wildman–Crippen MR) is 103 cm³/mol. The number of likely N-dealkylation sites (N-methyl/N-ethyl adjacent to an activating group) is 1. The van der Waals surface area contributed by atoms with Gasteiger partial charge in [-0.2, -0.15) is 0 Å². The van der Waals surface area contributed by atoms with E-state index in [1.165, 1.54) is 11.1 Å². The summed E-state index contributed by atoms with van der Waals surface area (Å²) in [6.07, 6.45) is 3.33. The van der Waals surface area contributed by atoms with Gasteiger partial charge in [0.05, 0.1) is 0 Å². The fraction of sp³-hybridized carbons (Fsp3) is 0.429. The quantitative estimate of drug-likeness (QED) is 0.525. The van der Waals surface area contributed by atoms with Crippen molar-refractivity contribution in [2.75, 3.05) is 33.2 Å². The second kappa shape index (κ2) is 11.8. The van der Waals surface area contributed by atoms with Crippen LogP contribution < -0.4 is 16.0 Å². The standard InChI is InChI=1S/C21H31N3/c1-22-21(18-24-16-13-20-10-6-3-7-11-20)14-17-23-15-12-19-8-4-2-5-9-19/h2-11,21-24H,12-18H2,1H3/t21-/m0/s1. The Bertz CT molecular complexity index is 527. The molecular weight excluding hydrogens is 294 g/mol. The van der Waals surface area contributed by atoms with E-state index in [4.69, 9.17) is 0 Å². The summed E-state index contributed by atoms with van der Waals surface area (Å²) in [4.78, 5) is 0.